The first-order valence-corrected chi connectivity index (χ1v) is 8.57. The number of hydrogen-bond donors (Lipinski definition) is 1. The molecule has 0 radical (unpaired) electrons. The number of carbonyl (C=O) groups is 2. The highest BCUT2D eigenvalue weighted by atomic mass is 16.5. The van der Waals surface area contributed by atoms with Crippen LogP contribution in [0, 0.1) is 0 Å². The maximum atomic E-state index is 12.4. The minimum Gasteiger partial charge on any atom is -0.447 e. The van der Waals surface area contributed by atoms with Gasteiger partial charge in [0.2, 0.25) is 6.10 Å². The molecule has 0 aliphatic carbocycles. The van der Waals surface area contributed by atoms with Crippen molar-refractivity contribution in [3.8, 4) is 0 Å². The molecule has 3 aromatic rings. The molecule has 5 heteroatoms. The molecule has 0 bridgehead atoms. The van der Waals surface area contributed by atoms with Crippen molar-refractivity contribution in [2.45, 2.75) is 18.9 Å². The topological polar surface area (TPSA) is 62.4 Å². The Morgan fingerprint density at radius 3 is 2.46 bits per heavy atom. The molecular weight excluding hydrogens is 328 g/mol. The van der Waals surface area contributed by atoms with E-state index in [1.807, 2.05) is 48.7 Å². The number of nitrogens with zero attached hydrogens (tertiary/aromatic N) is 1. The molecule has 0 fully saturated rings. The zero-order valence-corrected chi connectivity index (χ0v) is 14.9. The minimum atomic E-state index is -0.915. The van der Waals surface area contributed by atoms with Gasteiger partial charge in [0, 0.05) is 43.2 Å². The molecule has 1 atom stereocenters. The number of likely N-dealkylation sites (N-methyl/N-ethyl adjacent to an activating group) is 1. The average Bonchev–Trinajstić information content (AvgIpc) is 3.07. The lowest BCUT2D eigenvalue weighted by atomic mass is 10.1. The summed E-state index contributed by atoms with van der Waals surface area (Å²) in [6, 6.07) is 17.0. The van der Waals surface area contributed by atoms with E-state index in [1.165, 1.54) is 4.90 Å². The van der Waals surface area contributed by atoms with Crippen LogP contribution in [0.1, 0.15) is 23.7 Å². The summed E-state index contributed by atoms with van der Waals surface area (Å²) in [7, 11) is 3.30. The first-order chi connectivity index (χ1) is 12.6. The van der Waals surface area contributed by atoms with E-state index in [-0.39, 0.29) is 18.3 Å². The van der Waals surface area contributed by atoms with Crippen LogP contribution in [0.3, 0.4) is 0 Å². The summed E-state index contributed by atoms with van der Waals surface area (Å²) < 4.78 is 5.53. The Balaban J connectivity index is 1.69. The molecule has 2 aromatic carbocycles. The van der Waals surface area contributed by atoms with Gasteiger partial charge in [-0.2, -0.15) is 0 Å². The number of amides is 1. The molecule has 0 unspecified atom stereocenters. The fraction of sp³-hybridized carbons (Fsp3) is 0.238. The second kappa shape index (κ2) is 7.87. The molecule has 5 nitrogen and oxygen atoms in total. The Labute approximate surface area is 152 Å². The van der Waals surface area contributed by atoms with Crippen LogP contribution in [0.25, 0.3) is 10.9 Å². The summed E-state index contributed by atoms with van der Waals surface area (Å²) in [5.41, 5.74) is 2.78. The zero-order valence-electron chi connectivity index (χ0n) is 14.9. The van der Waals surface area contributed by atoms with E-state index >= 15 is 0 Å². The SMILES string of the molecule is CN(C)C(=O)[C@@H](OC(=O)CCc1c[nH]c2ccccc12)c1ccccc1. The Hall–Kier alpha value is -3.08. The molecule has 134 valence electrons. The molecule has 1 heterocycles. The smallest absolute Gasteiger partial charge is 0.307 e. The highest BCUT2D eigenvalue weighted by molar-refractivity contribution is 5.86. The number of aryl methyl sites for hydroxylation is 1. The monoisotopic (exact) mass is 350 g/mol. The van der Waals surface area contributed by atoms with E-state index < -0.39 is 6.10 Å². The number of hydrogen-bond acceptors (Lipinski definition) is 3. The van der Waals surface area contributed by atoms with Gasteiger partial charge in [0.25, 0.3) is 5.91 Å². The Morgan fingerprint density at radius 2 is 1.73 bits per heavy atom. The van der Waals surface area contributed by atoms with Crippen LogP contribution in [-0.2, 0) is 20.7 Å². The van der Waals surface area contributed by atoms with Crippen LogP contribution >= 0.6 is 0 Å². The molecule has 3 rings (SSSR count). The summed E-state index contributed by atoms with van der Waals surface area (Å²) in [4.78, 5) is 29.4. The van der Waals surface area contributed by atoms with Crippen LogP contribution in [0.4, 0.5) is 0 Å². The number of fused-ring (bicyclic) bond motifs is 1. The van der Waals surface area contributed by atoms with Crippen molar-refractivity contribution in [2.24, 2.45) is 0 Å². The maximum Gasteiger partial charge on any atom is 0.307 e. The van der Waals surface area contributed by atoms with Gasteiger partial charge < -0.3 is 14.6 Å². The number of esters is 1. The van der Waals surface area contributed by atoms with Crippen LogP contribution in [0.5, 0.6) is 0 Å². The number of rotatable bonds is 6. The number of benzene rings is 2. The Bertz CT molecular complexity index is 900. The van der Waals surface area contributed by atoms with Crippen LogP contribution in [-0.4, -0.2) is 35.9 Å². The van der Waals surface area contributed by atoms with Crippen molar-refractivity contribution >= 4 is 22.8 Å². The lowest BCUT2D eigenvalue weighted by Gasteiger charge is -2.21. The van der Waals surface area contributed by atoms with Crippen molar-refractivity contribution in [1.82, 2.24) is 9.88 Å². The van der Waals surface area contributed by atoms with Crippen LogP contribution in [0.15, 0.2) is 60.8 Å². The summed E-state index contributed by atoms with van der Waals surface area (Å²) >= 11 is 0. The van der Waals surface area contributed by atoms with E-state index in [1.54, 1.807) is 26.2 Å². The Morgan fingerprint density at radius 1 is 1.04 bits per heavy atom. The second-order valence-corrected chi connectivity index (χ2v) is 6.37. The van der Waals surface area contributed by atoms with Gasteiger partial charge in [0.1, 0.15) is 0 Å². The van der Waals surface area contributed by atoms with Gasteiger partial charge in [-0.1, -0.05) is 48.5 Å². The number of ether oxygens (including phenoxy) is 1. The highest BCUT2D eigenvalue weighted by Gasteiger charge is 2.26. The van der Waals surface area contributed by atoms with Crippen LogP contribution < -0.4 is 0 Å². The Kier molecular flexibility index (Phi) is 5.37. The molecule has 0 saturated carbocycles. The van der Waals surface area contributed by atoms with Crippen molar-refractivity contribution in [3.63, 3.8) is 0 Å². The van der Waals surface area contributed by atoms with Crippen molar-refractivity contribution in [2.75, 3.05) is 14.1 Å². The van der Waals surface area contributed by atoms with Gasteiger partial charge in [-0.15, -0.1) is 0 Å². The van der Waals surface area contributed by atoms with E-state index in [0.717, 1.165) is 16.5 Å². The largest absolute Gasteiger partial charge is 0.447 e. The second-order valence-electron chi connectivity index (χ2n) is 6.37. The highest BCUT2D eigenvalue weighted by Crippen LogP contribution is 2.22. The third kappa shape index (κ3) is 3.94. The van der Waals surface area contributed by atoms with Crippen molar-refractivity contribution in [1.29, 1.82) is 0 Å². The van der Waals surface area contributed by atoms with Gasteiger partial charge in [0.15, 0.2) is 0 Å². The number of aromatic nitrogens is 1. The maximum absolute atomic E-state index is 12.4. The quantitative estimate of drug-likeness (QED) is 0.693. The number of aromatic amines is 1. The number of H-pyrrole nitrogens is 1. The molecule has 0 saturated heterocycles. The van der Waals surface area contributed by atoms with Gasteiger partial charge in [-0.25, -0.2) is 0 Å². The van der Waals surface area contributed by atoms with Gasteiger partial charge in [-0.3, -0.25) is 9.59 Å². The molecule has 1 aromatic heterocycles. The molecule has 1 amide bonds. The zero-order chi connectivity index (χ0) is 18.5. The van der Waals surface area contributed by atoms with Gasteiger partial charge in [-0.05, 0) is 18.1 Å². The fourth-order valence-electron chi connectivity index (χ4n) is 2.89. The van der Waals surface area contributed by atoms with E-state index in [4.69, 9.17) is 4.74 Å². The van der Waals surface area contributed by atoms with E-state index in [2.05, 4.69) is 4.98 Å². The predicted octanol–water partition coefficient (Wildman–Crippen LogP) is 3.47. The first kappa shape index (κ1) is 17.7. The standard InChI is InChI=1S/C21H22N2O3/c1-23(2)21(25)20(15-8-4-3-5-9-15)26-19(24)13-12-16-14-22-18-11-7-6-10-17(16)18/h3-11,14,20,22H,12-13H2,1-2H3/t20-/m0/s1. The summed E-state index contributed by atoms with van der Waals surface area (Å²) in [5, 5.41) is 1.10. The summed E-state index contributed by atoms with van der Waals surface area (Å²) in [6.45, 7) is 0. The summed E-state index contributed by atoms with van der Waals surface area (Å²) in [6.07, 6.45) is 1.77. The third-order valence-electron chi connectivity index (χ3n) is 4.29. The number of nitrogens with one attached hydrogen (secondary N) is 1. The molecule has 0 spiro atoms. The van der Waals surface area contributed by atoms with E-state index in [9.17, 15) is 9.59 Å². The molecule has 0 aliphatic rings. The third-order valence-corrected chi connectivity index (χ3v) is 4.29. The van der Waals surface area contributed by atoms with Gasteiger partial charge in [0.05, 0.1) is 0 Å². The minimum absolute atomic E-state index is 0.214. The lowest BCUT2D eigenvalue weighted by molar-refractivity contribution is -0.159. The van der Waals surface area contributed by atoms with Gasteiger partial charge >= 0.3 is 5.97 Å². The van der Waals surface area contributed by atoms with Crippen LogP contribution in [0.2, 0.25) is 0 Å². The number of para-hydroxylation sites is 1. The average molecular weight is 350 g/mol. The van der Waals surface area contributed by atoms with Crippen molar-refractivity contribution < 1.29 is 14.3 Å². The fourth-order valence-corrected chi connectivity index (χ4v) is 2.89. The molecule has 0 aliphatic heterocycles. The van der Waals surface area contributed by atoms with Crippen molar-refractivity contribution in [3.05, 3.63) is 71.9 Å². The summed E-state index contributed by atoms with van der Waals surface area (Å²) in [5.74, 6) is -0.643. The molecular formula is C21H22N2O3. The molecule has 26 heavy (non-hydrogen) atoms. The molecule has 1 N–H and O–H groups in total. The lowest BCUT2D eigenvalue weighted by Crippen LogP contribution is -2.31. The predicted molar refractivity (Wildman–Crippen MR) is 101 cm³/mol. The normalized spacial score (nSPS) is 11.9. The first-order valence-electron chi connectivity index (χ1n) is 8.57. The van der Waals surface area contributed by atoms with E-state index in [0.29, 0.717) is 12.0 Å². The number of carbonyl (C=O) groups excluding carboxylic acids is 2.